The van der Waals surface area contributed by atoms with Gasteiger partial charge in [0, 0.05) is 10.6 Å². The zero-order valence-electron chi connectivity index (χ0n) is 13.8. The third kappa shape index (κ3) is 2.04. The Hall–Kier alpha value is -1.31. The van der Waals surface area contributed by atoms with Gasteiger partial charge in [-0.1, -0.05) is 54.1 Å². The Bertz CT molecular complexity index is 753. The Kier molecular flexibility index (Phi) is 3.34. The topological polar surface area (TPSA) is 20.2 Å². The molecular weight excluding hydrogens is 316 g/mol. The van der Waals surface area contributed by atoms with E-state index in [0.717, 1.165) is 33.5 Å². The summed E-state index contributed by atoms with van der Waals surface area (Å²) in [7, 11) is 0. The maximum Gasteiger partial charge on any atom is 0.0958 e. The van der Waals surface area contributed by atoms with Gasteiger partial charge in [-0.05, 0) is 73.0 Å². The molecule has 0 aromatic heterocycles. The second-order valence-electron chi connectivity index (χ2n) is 8.16. The number of rotatable bonds is 2. The lowest BCUT2D eigenvalue weighted by molar-refractivity contribution is -0.179. The lowest BCUT2D eigenvalue weighted by Gasteiger charge is -2.59. The van der Waals surface area contributed by atoms with Gasteiger partial charge in [-0.25, -0.2) is 0 Å². The Balaban J connectivity index is 1.67. The predicted octanol–water partition coefficient (Wildman–Crippen LogP) is 5.65. The molecule has 0 radical (unpaired) electrons. The number of halogens is 1. The number of benzene rings is 2. The maximum atomic E-state index is 12.0. The molecule has 0 spiro atoms. The lowest BCUT2D eigenvalue weighted by atomic mass is 9.48. The molecule has 4 aliphatic carbocycles. The molecule has 0 atom stereocenters. The van der Waals surface area contributed by atoms with Crippen LogP contribution in [0.3, 0.4) is 0 Å². The third-order valence-corrected chi connectivity index (χ3v) is 7.24. The van der Waals surface area contributed by atoms with Crippen LogP contribution in [0, 0.1) is 23.7 Å². The van der Waals surface area contributed by atoms with Crippen molar-refractivity contribution in [1.29, 1.82) is 0 Å². The highest BCUT2D eigenvalue weighted by Gasteiger charge is 2.57. The Morgan fingerprint density at radius 3 is 1.92 bits per heavy atom. The molecule has 0 unspecified atom stereocenters. The highest BCUT2D eigenvalue weighted by molar-refractivity contribution is 6.33. The fourth-order valence-corrected chi connectivity index (χ4v) is 6.33. The molecule has 0 amide bonds. The smallest absolute Gasteiger partial charge is 0.0958 e. The van der Waals surface area contributed by atoms with E-state index in [-0.39, 0.29) is 0 Å². The summed E-state index contributed by atoms with van der Waals surface area (Å²) in [5.41, 5.74) is 2.57. The van der Waals surface area contributed by atoms with Crippen LogP contribution in [0.25, 0.3) is 11.1 Å². The molecule has 6 rings (SSSR count). The molecule has 2 aromatic carbocycles. The normalized spacial score (nSPS) is 36.9. The average molecular weight is 339 g/mol. The van der Waals surface area contributed by atoms with E-state index in [1.165, 1.54) is 32.1 Å². The highest BCUT2D eigenvalue weighted by atomic mass is 35.5. The van der Waals surface area contributed by atoms with E-state index in [4.69, 9.17) is 11.6 Å². The fourth-order valence-electron chi connectivity index (χ4n) is 6.09. The molecular formula is C22H23ClO. The van der Waals surface area contributed by atoms with E-state index < -0.39 is 5.60 Å². The molecule has 2 heteroatoms. The number of hydrogen-bond acceptors (Lipinski definition) is 1. The van der Waals surface area contributed by atoms with Crippen molar-refractivity contribution in [2.45, 2.75) is 37.7 Å². The molecule has 4 aliphatic rings. The molecule has 4 fully saturated rings. The van der Waals surface area contributed by atoms with Crippen molar-refractivity contribution >= 4 is 11.6 Å². The van der Waals surface area contributed by atoms with Gasteiger partial charge in [-0.15, -0.1) is 0 Å². The lowest BCUT2D eigenvalue weighted by Crippen LogP contribution is -2.55. The van der Waals surface area contributed by atoms with Gasteiger partial charge in [0.25, 0.3) is 0 Å². The summed E-state index contributed by atoms with van der Waals surface area (Å²) in [6.07, 6.45) is 6.18. The first-order valence-electron chi connectivity index (χ1n) is 9.23. The van der Waals surface area contributed by atoms with Crippen LogP contribution in [0.5, 0.6) is 0 Å². The summed E-state index contributed by atoms with van der Waals surface area (Å²) in [6, 6.07) is 16.4. The van der Waals surface area contributed by atoms with Gasteiger partial charge in [0.15, 0.2) is 0 Å². The van der Waals surface area contributed by atoms with Crippen LogP contribution >= 0.6 is 11.6 Å². The van der Waals surface area contributed by atoms with Gasteiger partial charge >= 0.3 is 0 Å². The van der Waals surface area contributed by atoms with E-state index in [2.05, 4.69) is 30.3 Å². The summed E-state index contributed by atoms with van der Waals surface area (Å²) < 4.78 is 0. The van der Waals surface area contributed by atoms with Crippen molar-refractivity contribution in [2.75, 3.05) is 0 Å². The SMILES string of the molecule is OC1(c2ccccc2-c2ccccc2Cl)C2CC3CC(C2)CC1C3. The molecule has 4 bridgehead atoms. The van der Waals surface area contributed by atoms with E-state index >= 15 is 0 Å². The second-order valence-corrected chi connectivity index (χ2v) is 8.56. The summed E-state index contributed by atoms with van der Waals surface area (Å²) in [5.74, 6) is 2.52. The maximum absolute atomic E-state index is 12.0. The van der Waals surface area contributed by atoms with Crippen LogP contribution < -0.4 is 0 Å². The van der Waals surface area contributed by atoms with Gasteiger partial charge < -0.3 is 5.11 Å². The van der Waals surface area contributed by atoms with Gasteiger partial charge in [-0.3, -0.25) is 0 Å². The van der Waals surface area contributed by atoms with Crippen molar-refractivity contribution in [3.8, 4) is 11.1 Å². The predicted molar refractivity (Wildman–Crippen MR) is 97.8 cm³/mol. The molecule has 0 heterocycles. The summed E-state index contributed by atoms with van der Waals surface area (Å²) in [5, 5.41) is 12.7. The summed E-state index contributed by atoms with van der Waals surface area (Å²) >= 11 is 6.48. The molecule has 2 aromatic rings. The van der Waals surface area contributed by atoms with Crippen molar-refractivity contribution in [3.05, 3.63) is 59.1 Å². The van der Waals surface area contributed by atoms with Crippen LogP contribution in [0.4, 0.5) is 0 Å². The molecule has 24 heavy (non-hydrogen) atoms. The minimum absolute atomic E-state index is 0.414. The number of hydrogen-bond donors (Lipinski definition) is 1. The Labute approximate surface area is 148 Å². The Morgan fingerprint density at radius 2 is 1.29 bits per heavy atom. The third-order valence-electron chi connectivity index (χ3n) is 6.91. The largest absolute Gasteiger partial charge is 0.385 e. The molecule has 124 valence electrons. The van der Waals surface area contributed by atoms with Gasteiger partial charge in [0.2, 0.25) is 0 Å². The zero-order chi connectivity index (χ0) is 16.3. The first-order chi connectivity index (χ1) is 11.7. The monoisotopic (exact) mass is 338 g/mol. The van der Waals surface area contributed by atoms with Crippen molar-refractivity contribution in [1.82, 2.24) is 0 Å². The number of aliphatic hydroxyl groups is 1. The summed E-state index contributed by atoms with van der Waals surface area (Å²) in [6.45, 7) is 0. The van der Waals surface area contributed by atoms with E-state index in [1.807, 2.05) is 18.2 Å². The van der Waals surface area contributed by atoms with E-state index in [1.54, 1.807) is 0 Å². The van der Waals surface area contributed by atoms with Crippen molar-refractivity contribution < 1.29 is 5.11 Å². The standard InChI is InChI=1S/C22H23ClO/c23-21-8-4-2-6-19(21)18-5-1-3-7-20(18)22(24)16-10-14-9-15(12-16)13-17(22)11-14/h1-8,14-17,24H,9-13H2. The average Bonchev–Trinajstić information content (AvgIpc) is 2.59. The molecule has 0 aliphatic heterocycles. The first kappa shape index (κ1) is 15.0. The molecule has 0 saturated heterocycles. The van der Waals surface area contributed by atoms with Crippen LogP contribution in [-0.2, 0) is 5.60 Å². The summed E-state index contributed by atoms with van der Waals surface area (Å²) in [4.78, 5) is 0. The zero-order valence-corrected chi connectivity index (χ0v) is 14.5. The van der Waals surface area contributed by atoms with E-state index in [9.17, 15) is 5.11 Å². The van der Waals surface area contributed by atoms with Crippen LogP contribution in [0.15, 0.2) is 48.5 Å². The van der Waals surface area contributed by atoms with Crippen LogP contribution in [-0.4, -0.2) is 5.11 Å². The van der Waals surface area contributed by atoms with Crippen molar-refractivity contribution in [3.63, 3.8) is 0 Å². The molecule has 1 N–H and O–H groups in total. The van der Waals surface area contributed by atoms with E-state index in [0.29, 0.717) is 11.8 Å². The quantitative estimate of drug-likeness (QED) is 0.750. The van der Waals surface area contributed by atoms with Crippen molar-refractivity contribution in [2.24, 2.45) is 23.7 Å². The Morgan fingerprint density at radius 1 is 0.750 bits per heavy atom. The van der Waals surface area contributed by atoms with Crippen LogP contribution in [0.1, 0.15) is 37.7 Å². The van der Waals surface area contributed by atoms with Gasteiger partial charge in [-0.2, -0.15) is 0 Å². The van der Waals surface area contributed by atoms with Gasteiger partial charge in [0.1, 0.15) is 0 Å². The highest BCUT2D eigenvalue weighted by Crippen LogP contribution is 2.62. The van der Waals surface area contributed by atoms with Gasteiger partial charge in [0.05, 0.1) is 5.60 Å². The molecule has 4 saturated carbocycles. The second kappa shape index (κ2) is 5.34. The minimum Gasteiger partial charge on any atom is -0.385 e. The van der Waals surface area contributed by atoms with Crippen LogP contribution in [0.2, 0.25) is 5.02 Å². The fraction of sp³-hybridized carbons (Fsp3) is 0.455. The minimum atomic E-state index is -0.677. The first-order valence-corrected chi connectivity index (χ1v) is 9.61. The molecule has 1 nitrogen and oxygen atoms in total.